The minimum atomic E-state index is -0.133. The van der Waals surface area contributed by atoms with Gasteiger partial charge in [-0.3, -0.25) is 4.79 Å². The number of carbonyl (C=O) groups is 1. The number of hydrogen-bond donors (Lipinski definition) is 3. The lowest BCUT2D eigenvalue weighted by molar-refractivity contribution is 0.0277. The zero-order chi connectivity index (χ0) is 17.8. The van der Waals surface area contributed by atoms with E-state index >= 15 is 0 Å². The van der Waals surface area contributed by atoms with Gasteiger partial charge in [-0.05, 0) is 29.3 Å². The van der Waals surface area contributed by atoms with Gasteiger partial charge in [0, 0.05) is 30.7 Å². The molecule has 0 spiro atoms. The van der Waals surface area contributed by atoms with E-state index in [4.69, 9.17) is 4.74 Å². The summed E-state index contributed by atoms with van der Waals surface area (Å²) in [5, 5.41) is 6.26. The zero-order valence-electron chi connectivity index (χ0n) is 14.8. The third kappa shape index (κ3) is 4.57. The molecule has 1 fully saturated rings. The molecule has 1 aromatic heterocycles. The summed E-state index contributed by atoms with van der Waals surface area (Å²) >= 11 is 0. The summed E-state index contributed by atoms with van der Waals surface area (Å²) in [5.74, 6) is -0.133. The molecule has 0 aliphatic carbocycles. The number of halogens is 1. The molecule has 140 valence electrons. The smallest absolute Gasteiger partial charge is 0.257 e. The van der Waals surface area contributed by atoms with Crippen LogP contribution in [0, 0.1) is 0 Å². The van der Waals surface area contributed by atoms with Crippen LogP contribution in [0.2, 0.25) is 0 Å². The molecule has 2 aromatic carbocycles. The van der Waals surface area contributed by atoms with Gasteiger partial charge in [-0.1, -0.05) is 42.5 Å². The largest absolute Gasteiger partial charge is 0.371 e. The van der Waals surface area contributed by atoms with E-state index in [0.717, 1.165) is 42.2 Å². The van der Waals surface area contributed by atoms with Crippen molar-refractivity contribution in [3.8, 4) is 11.3 Å². The number of nitrogens with one attached hydrogen (secondary N) is 3. The maximum absolute atomic E-state index is 12.5. The zero-order valence-corrected chi connectivity index (χ0v) is 15.6. The van der Waals surface area contributed by atoms with Crippen LogP contribution in [0.1, 0.15) is 22.0 Å². The van der Waals surface area contributed by atoms with Gasteiger partial charge in [0.1, 0.15) is 0 Å². The van der Waals surface area contributed by atoms with E-state index in [9.17, 15) is 4.79 Å². The molecule has 0 radical (unpaired) electrons. The predicted molar refractivity (Wildman–Crippen MR) is 109 cm³/mol. The Labute approximate surface area is 164 Å². The Bertz CT molecular complexity index is 872. The van der Waals surface area contributed by atoms with Crippen LogP contribution < -0.4 is 10.6 Å². The number of rotatable bonds is 4. The lowest BCUT2D eigenvalue weighted by Gasteiger charge is -2.24. The van der Waals surface area contributed by atoms with Crippen LogP contribution in [-0.4, -0.2) is 30.6 Å². The second-order valence-corrected chi connectivity index (χ2v) is 6.31. The number of carbonyl (C=O) groups excluding carboxylic acids is 1. The van der Waals surface area contributed by atoms with Crippen LogP contribution in [0.3, 0.4) is 0 Å². The van der Waals surface area contributed by atoms with Crippen molar-refractivity contribution in [1.82, 2.24) is 10.3 Å². The quantitative estimate of drug-likeness (QED) is 0.637. The van der Waals surface area contributed by atoms with Crippen molar-refractivity contribution in [2.24, 2.45) is 0 Å². The fourth-order valence-corrected chi connectivity index (χ4v) is 3.07. The molecule has 1 saturated heterocycles. The van der Waals surface area contributed by atoms with Gasteiger partial charge in [0.25, 0.3) is 5.91 Å². The molecule has 3 aromatic rings. The fraction of sp³-hybridized carbons (Fsp3) is 0.190. The highest BCUT2D eigenvalue weighted by Gasteiger charge is 2.15. The van der Waals surface area contributed by atoms with Gasteiger partial charge in [-0.2, -0.15) is 0 Å². The lowest BCUT2D eigenvalue weighted by Crippen LogP contribution is -2.33. The van der Waals surface area contributed by atoms with E-state index in [1.54, 1.807) is 6.20 Å². The number of benzene rings is 2. The SMILES string of the molecule is Cl.O=C(Nc1ccc(C2CNCCO2)cc1)c1c[nH]c(-c2ccccc2)c1. The topological polar surface area (TPSA) is 66.2 Å². The minimum Gasteiger partial charge on any atom is -0.371 e. The maximum Gasteiger partial charge on any atom is 0.257 e. The maximum atomic E-state index is 12.5. The first-order valence-electron chi connectivity index (χ1n) is 8.77. The number of aromatic amines is 1. The Balaban J connectivity index is 0.00000210. The molecule has 4 rings (SSSR count). The van der Waals surface area contributed by atoms with Crippen molar-refractivity contribution in [2.45, 2.75) is 6.10 Å². The summed E-state index contributed by atoms with van der Waals surface area (Å²) in [5.41, 5.74) is 4.46. The van der Waals surface area contributed by atoms with E-state index in [0.29, 0.717) is 5.56 Å². The first kappa shape index (κ1) is 19.2. The highest BCUT2D eigenvalue weighted by molar-refractivity contribution is 6.04. The number of H-pyrrole nitrogens is 1. The van der Waals surface area contributed by atoms with Crippen LogP contribution in [0.25, 0.3) is 11.3 Å². The average Bonchev–Trinajstić information content (AvgIpc) is 3.20. The minimum absolute atomic E-state index is 0. The average molecular weight is 384 g/mol. The van der Waals surface area contributed by atoms with Crippen LogP contribution in [-0.2, 0) is 4.74 Å². The molecule has 3 N–H and O–H groups in total. The van der Waals surface area contributed by atoms with Crippen molar-refractivity contribution in [3.05, 3.63) is 78.0 Å². The molecule has 1 aliphatic heterocycles. The highest BCUT2D eigenvalue weighted by atomic mass is 35.5. The molecule has 1 unspecified atom stereocenters. The van der Waals surface area contributed by atoms with Gasteiger partial charge in [0.2, 0.25) is 0 Å². The number of morpholine rings is 1. The Morgan fingerprint density at radius 2 is 1.85 bits per heavy atom. The molecule has 27 heavy (non-hydrogen) atoms. The van der Waals surface area contributed by atoms with E-state index in [1.165, 1.54) is 0 Å². The fourth-order valence-electron chi connectivity index (χ4n) is 3.07. The number of hydrogen-bond acceptors (Lipinski definition) is 3. The molecule has 5 nitrogen and oxygen atoms in total. The second kappa shape index (κ2) is 8.86. The second-order valence-electron chi connectivity index (χ2n) is 6.31. The Morgan fingerprint density at radius 3 is 2.56 bits per heavy atom. The Morgan fingerprint density at radius 1 is 1.07 bits per heavy atom. The van der Waals surface area contributed by atoms with Gasteiger partial charge in [0.05, 0.1) is 18.3 Å². The number of amides is 1. The van der Waals surface area contributed by atoms with E-state index in [1.807, 2.05) is 60.7 Å². The molecule has 1 atom stereocenters. The van der Waals surface area contributed by atoms with Crippen molar-refractivity contribution in [2.75, 3.05) is 25.0 Å². The monoisotopic (exact) mass is 383 g/mol. The third-order valence-electron chi connectivity index (χ3n) is 4.50. The van der Waals surface area contributed by atoms with Crippen LogP contribution in [0.5, 0.6) is 0 Å². The van der Waals surface area contributed by atoms with Gasteiger partial charge >= 0.3 is 0 Å². The van der Waals surface area contributed by atoms with Gasteiger partial charge < -0.3 is 20.4 Å². The van der Waals surface area contributed by atoms with Crippen molar-refractivity contribution in [1.29, 1.82) is 0 Å². The van der Waals surface area contributed by atoms with Gasteiger partial charge in [-0.15, -0.1) is 12.4 Å². The molecular formula is C21H22ClN3O2. The van der Waals surface area contributed by atoms with Crippen molar-refractivity contribution < 1.29 is 9.53 Å². The summed E-state index contributed by atoms with van der Waals surface area (Å²) in [6.07, 6.45) is 1.81. The summed E-state index contributed by atoms with van der Waals surface area (Å²) in [6, 6.07) is 19.6. The van der Waals surface area contributed by atoms with Crippen LogP contribution >= 0.6 is 12.4 Å². The molecule has 0 saturated carbocycles. The van der Waals surface area contributed by atoms with Gasteiger partial charge in [0.15, 0.2) is 0 Å². The molecule has 1 aliphatic rings. The normalized spacial score (nSPS) is 16.4. The standard InChI is InChI=1S/C21H21N3O2.ClH/c25-21(17-12-19(23-13-17)15-4-2-1-3-5-15)24-18-8-6-16(7-9-18)20-14-22-10-11-26-20;/h1-9,12-13,20,22-23H,10-11,14H2,(H,24,25);1H. The molecule has 2 heterocycles. The van der Waals surface area contributed by atoms with Gasteiger partial charge in [-0.25, -0.2) is 0 Å². The van der Waals surface area contributed by atoms with Crippen molar-refractivity contribution in [3.63, 3.8) is 0 Å². The highest BCUT2D eigenvalue weighted by Crippen LogP contribution is 2.22. The Hall–Kier alpha value is -2.60. The molecule has 1 amide bonds. The summed E-state index contributed by atoms with van der Waals surface area (Å²) in [7, 11) is 0. The number of aromatic nitrogens is 1. The first-order chi connectivity index (χ1) is 12.8. The summed E-state index contributed by atoms with van der Waals surface area (Å²) in [6.45, 7) is 2.43. The molecule has 6 heteroatoms. The Kier molecular flexibility index (Phi) is 6.29. The molecular weight excluding hydrogens is 362 g/mol. The number of ether oxygens (including phenoxy) is 1. The van der Waals surface area contributed by atoms with Crippen LogP contribution in [0.15, 0.2) is 66.9 Å². The van der Waals surface area contributed by atoms with E-state index < -0.39 is 0 Å². The van der Waals surface area contributed by atoms with Crippen molar-refractivity contribution >= 4 is 24.0 Å². The number of anilines is 1. The van der Waals surface area contributed by atoms with Crippen LogP contribution in [0.4, 0.5) is 5.69 Å². The first-order valence-corrected chi connectivity index (χ1v) is 8.77. The summed E-state index contributed by atoms with van der Waals surface area (Å²) < 4.78 is 5.75. The van der Waals surface area contributed by atoms with E-state index in [-0.39, 0.29) is 24.4 Å². The summed E-state index contributed by atoms with van der Waals surface area (Å²) in [4.78, 5) is 15.6. The third-order valence-corrected chi connectivity index (χ3v) is 4.50. The predicted octanol–water partition coefficient (Wildman–Crippen LogP) is 4.02. The van der Waals surface area contributed by atoms with E-state index in [2.05, 4.69) is 15.6 Å². The lowest BCUT2D eigenvalue weighted by atomic mass is 10.1. The molecule has 0 bridgehead atoms.